The van der Waals surface area contributed by atoms with Crippen LogP contribution in [0.15, 0.2) is 12.2 Å². The molecule has 0 bridgehead atoms. The molecule has 0 spiro atoms. The number of carbonyl (C=O) groups excluding carboxylic acids is 1. The van der Waals surface area contributed by atoms with E-state index in [1.807, 2.05) is 6.92 Å². The molecular formula is C15H27NO2. The molecule has 0 amide bonds. The largest absolute Gasteiger partial charge is 0.463 e. The highest BCUT2D eigenvalue weighted by molar-refractivity contribution is 5.66. The molecule has 3 heteroatoms. The van der Waals surface area contributed by atoms with E-state index < -0.39 is 0 Å². The summed E-state index contributed by atoms with van der Waals surface area (Å²) in [6.45, 7) is 5.49. The third-order valence-electron chi connectivity index (χ3n) is 3.05. The number of nitrogens with one attached hydrogen (secondary N) is 1. The maximum atomic E-state index is 10.8. The van der Waals surface area contributed by atoms with Crippen molar-refractivity contribution < 1.29 is 9.53 Å². The standard InChI is InChI=1S/C15H27NO2/c1-13(14(2)18-15(3)17)11-9-7-5-4-6-8-10-12-16/h7,9,12-14,16H,4-6,8,10-11H2,1-3H3. The van der Waals surface area contributed by atoms with Crippen LogP contribution >= 0.6 is 0 Å². The highest BCUT2D eigenvalue weighted by atomic mass is 16.5. The van der Waals surface area contributed by atoms with Crippen molar-refractivity contribution in [3.63, 3.8) is 0 Å². The second kappa shape index (κ2) is 11.0. The lowest BCUT2D eigenvalue weighted by atomic mass is 10.0. The second-order valence-electron chi connectivity index (χ2n) is 4.84. The van der Waals surface area contributed by atoms with Gasteiger partial charge in [0.1, 0.15) is 6.10 Å². The number of hydrogen-bond donors (Lipinski definition) is 1. The first kappa shape index (κ1) is 16.9. The number of allylic oxidation sites excluding steroid dienone is 2. The molecule has 3 nitrogen and oxygen atoms in total. The van der Waals surface area contributed by atoms with Crippen molar-refractivity contribution in [2.45, 2.75) is 65.4 Å². The number of esters is 1. The Morgan fingerprint density at radius 2 is 1.83 bits per heavy atom. The van der Waals surface area contributed by atoms with Gasteiger partial charge >= 0.3 is 5.97 Å². The first-order valence-corrected chi connectivity index (χ1v) is 6.89. The molecule has 1 N–H and O–H groups in total. The topological polar surface area (TPSA) is 50.2 Å². The minimum atomic E-state index is -0.204. The monoisotopic (exact) mass is 253 g/mol. The van der Waals surface area contributed by atoms with Gasteiger partial charge in [0.15, 0.2) is 0 Å². The molecule has 104 valence electrons. The minimum absolute atomic E-state index is 0.0141. The maximum absolute atomic E-state index is 10.8. The molecule has 2 atom stereocenters. The van der Waals surface area contributed by atoms with Crippen LogP contribution in [-0.4, -0.2) is 18.3 Å². The Bertz CT molecular complexity index is 261. The zero-order valence-corrected chi connectivity index (χ0v) is 11.9. The Morgan fingerprint density at radius 3 is 2.44 bits per heavy atom. The van der Waals surface area contributed by atoms with Crippen LogP contribution in [-0.2, 0) is 9.53 Å². The second-order valence-corrected chi connectivity index (χ2v) is 4.84. The average Bonchev–Trinajstić information content (AvgIpc) is 2.31. The molecule has 0 aliphatic heterocycles. The lowest BCUT2D eigenvalue weighted by Crippen LogP contribution is -2.20. The van der Waals surface area contributed by atoms with Gasteiger partial charge in [-0.2, -0.15) is 0 Å². The Balaban J connectivity index is 3.55. The fourth-order valence-corrected chi connectivity index (χ4v) is 1.68. The Kier molecular flexibility index (Phi) is 10.3. The zero-order chi connectivity index (χ0) is 13.8. The first-order valence-electron chi connectivity index (χ1n) is 6.89. The van der Waals surface area contributed by atoms with Crippen molar-refractivity contribution >= 4 is 12.2 Å². The quantitative estimate of drug-likeness (QED) is 0.275. The molecule has 2 unspecified atom stereocenters. The highest BCUT2D eigenvalue weighted by Crippen LogP contribution is 2.13. The van der Waals surface area contributed by atoms with E-state index in [4.69, 9.17) is 10.1 Å². The summed E-state index contributed by atoms with van der Waals surface area (Å²) in [6, 6.07) is 0. The van der Waals surface area contributed by atoms with Crippen LogP contribution < -0.4 is 0 Å². The van der Waals surface area contributed by atoms with Gasteiger partial charge in [-0.25, -0.2) is 0 Å². The molecule has 0 aliphatic rings. The Morgan fingerprint density at radius 1 is 1.17 bits per heavy atom. The summed E-state index contributed by atoms with van der Waals surface area (Å²) in [5.41, 5.74) is 0. The van der Waals surface area contributed by atoms with E-state index >= 15 is 0 Å². The SMILES string of the molecule is CC(=O)OC(C)C(C)CC=CCCCCCC=N. The normalized spacial score (nSPS) is 14.4. The van der Waals surface area contributed by atoms with E-state index in [0.717, 1.165) is 25.7 Å². The van der Waals surface area contributed by atoms with Crippen molar-refractivity contribution in [3.05, 3.63) is 12.2 Å². The number of hydrogen-bond acceptors (Lipinski definition) is 3. The fraction of sp³-hybridized carbons (Fsp3) is 0.733. The van der Waals surface area contributed by atoms with E-state index in [0.29, 0.717) is 5.92 Å². The first-order chi connectivity index (χ1) is 8.57. The molecule has 0 radical (unpaired) electrons. The van der Waals surface area contributed by atoms with Gasteiger partial charge in [-0.05, 0) is 51.2 Å². The van der Waals surface area contributed by atoms with E-state index in [-0.39, 0.29) is 12.1 Å². The molecule has 0 aromatic carbocycles. The van der Waals surface area contributed by atoms with Crippen molar-refractivity contribution in [3.8, 4) is 0 Å². The summed E-state index contributed by atoms with van der Waals surface area (Å²) in [5.74, 6) is 0.160. The van der Waals surface area contributed by atoms with Gasteiger partial charge in [-0.3, -0.25) is 4.79 Å². The Hall–Kier alpha value is -1.12. The van der Waals surface area contributed by atoms with Gasteiger partial charge in [0, 0.05) is 6.92 Å². The van der Waals surface area contributed by atoms with Gasteiger partial charge in [0.25, 0.3) is 0 Å². The highest BCUT2D eigenvalue weighted by Gasteiger charge is 2.12. The van der Waals surface area contributed by atoms with Crippen LogP contribution in [0.2, 0.25) is 0 Å². The summed E-state index contributed by atoms with van der Waals surface area (Å²) >= 11 is 0. The summed E-state index contributed by atoms with van der Waals surface area (Å²) < 4.78 is 5.14. The molecule has 0 aliphatic carbocycles. The summed E-state index contributed by atoms with van der Waals surface area (Å²) in [4.78, 5) is 10.8. The smallest absolute Gasteiger partial charge is 0.302 e. The molecule has 0 rings (SSSR count). The van der Waals surface area contributed by atoms with Crippen LogP contribution in [0.5, 0.6) is 0 Å². The fourth-order valence-electron chi connectivity index (χ4n) is 1.68. The van der Waals surface area contributed by atoms with Crippen LogP contribution in [0.25, 0.3) is 0 Å². The predicted octanol–water partition coefficient (Wildman–Crippen LogP) is 4.12. The van der Waals surface area contributed by atoms with Gasteiger partial charge in [-0.1, -0.05) is 25.5 Å². The number of unbranched alkanes of at least 4 members (excludes halogenated alkanes) is 4. The molecular weight excluding hydrogens is 226 g/mol. The average molecular weight is 253 g/mol. The van der Waals surface area contributed by atoms with Gasteiger partial charge < -0.3 is 10.1 Å². The molecule has 18 heavy (non-hydrogen) atoms. The molecule has 0 saturated carbocycles. The molecule has 0 aromatic rings. The summed E-state index contributed by atoms with van der Waals surface area (Å²) in [6.07, 6.45) is 12.3. The lowest BCUT2D eigenvalue weighted by molar-refractivity contribution is -0.147. The molecule has 0 saturated heterocycles. The van der Waals surface area contributed by atoms with Crippen LogP contribution in [0.4, 0.5) is 0 Å². The van der Waals surface area contributed by atoms with Gasteiger partial charge in [0.2, 0.25) is 0 Å². The number of ether oxygens (including phenoxy) is 1. The van der Waals surface area contributed by atoms with E-state index in [9.17, 15) is 4.79 Å². The Labute approximate surface area is 111 Å². The third kappa shape index (κ3) is 10.1. The van der Waals surface area contributed by atoms with Gasteiger partial charge in [-0.15, -0.1) is 0 Å². The van der Waals surface area contributed by atoms with Crippen molar-refractivity contribution in [1.82, 2.24) is 0 Å². The van der Waals surface area contributed by atoms with Gasteiger partial charge in [0.05, 0.1) is 0 Å². The number of rotatable bonds is 10. The predicted molar refractivity (Wildman–Crippen MR) is 76.0 cm³/mol. The number of carbonyl (C=O) groups is 1. The van der Waals surface area contributed by atoms with Crippen LogP contribution in [0.1, 0.15) is 59.3 Å². The summed E-state index contributed by atoms with van der Waals surface area (Å²) in [7, 11) is 0. The van der Waals surface area contributed by atoms with E-state index in [1.165, 1.54) is 26.0 Å². The van der Waals surface area contributed by atoms with E-state index in [1.54, 1.807) is 0 Å². The molecule has 0 fully saturated rings. The minimum Gasteiger partial charge on any atom is -0.463 e. The molecule has 0 aromatic heterocycles. The maximum Gasteiger partial charge on any atom is 0.302 e. The molecule has 0 heterocycles. The van der Waals surface area contributed by atoms with Crippen molar-refractivity contribution in [1.29, 1.82) is 5.41 Å². The van der Waals surface area contributed by atoms with Crippen LogP contribution in [0, 0.1) is 11.3 Å². The van der Waals surface area contributed by atoms with Crippen molar-refractivity contribution in [2.24, 2.45) is 5.92 Å². The van der Waals surface area contributed by atoms with E-state index in [2.05, 4.69) is 19.1 Å². The lowest BCUT2D eigenvalue weighted by Gasteiger charge is -2.17. The summed E-state index contributed by atoms with van der Waals surface area (Å²) in [5, 5.41) is 6.91. The zero-order valence-electron chi connectivity index (χ0n) is 11.9. The van der Waals surface area contributed by atoms with Crippen LogP contribution in [0.3, 0.4) is 0 Å². The third-order valence-corrected chi connectivity index (χ3v) is 3.05. The van der Waals surface area contributed by atoms with Crippen molar-refractivity contribution in [2.75, 3.05) is 0 Å².